The van der Waals surface area contributed by atoms with Crippen molar-refractivity contribution in [3.05, 3.63) is 29.8 Å². The largest absolute Gasteiger partial charge is 0.480 e. The quantitative estimate of drug-likeness (QED) is 0.793. The molecule has 0 radical (unpaired) electrons. The average Bonchev–Trinajstić information content (AvgIpc) is 2.97. The summed E-state index contributed by atoms with van der Waals surface area (Å²) in [6.45, 7) is 0.927. The van der Waals surface area contributed by atoms with Gasteiger partial charge in [0, 0.05) is 19.0 Å². The van der Waals surface area contributed by atoms with E-state index >= 15 is 0 Å². The predicted octanol–water partition coefficient (Wildman–Crippen LogP) is 3.17. The number of benzene rings is 1. The fourth-order valence-corrected chi connectivity index (χ4v) is 4.40. The van der Waals surface area contributed by atoms with Crippen molar-refractivity contribution >= 4 is 5.91 Å². The van der Waals surface area contributed by atoms with Crippen LogP contribution in [0.4, 0.5) is 0 Å². The SMILES string of the molecule is O=C(C1Cc2ccccc2O1)N1CCCC2CCCCC21. The van der Waals surface area contributed by atoms with Gasteiger partial charge in [-0.2, -0.15) is 0 Å². The molecule has 2 heterocycles. The first-order valence-corrected chi connectivity index (χ1v) is 8.38. The molecule has 3 heteroatoms. The number of likely N-dealkylation sites (tertiary alicyclic amines) is 1. The van der Waals surface area contributed by atoms with Gasteiger partial charge in [0.05, 0.1) is 0 Å². The van der Waals surface area contributed by atoms with Crippen molar-refractivity contribution < 1.29 is 9.53 Å². The van der Waals surface area contributed by atoms with Gasteiger partial charge < -0.3 is 9.64 Å². The maximum absolute atomic E-state index is 12.9. The standard InChI is InChI=1S/C18H23NO2/c20-18(17-12-14-7-2-4-10-16(14)21-17)19-11-5-8-13-6-1-3-9-15(13)19/h2,4,7,10,13,15,17H,1,3,5-6,8-9,11-12H2. The number of ether oxygens (including phenoxy) is 1. The molecule has 0 aromatic heterocycles. The number of piperidine rings is 1. The summed E-state index contributed by atoms with van der Waals surface area (Å²) in [7, 11) is 0. The summed E-state index contributed by atoms with van der Waals surface area (Å²) in [5, 5.41) is 0. The van der Waals surface area contributed by atoms with Crippen LogP contribution in [-0.2, 0) is 11.2 Å². The van der Waals surface area contributed by atoms with Gasteiger partial charge in [-0.1, -0.05) is 31.0 Å². The van der Waals surface area contributed by atoms with Gasteiger partial charge in [0.1, 0.15) is 5.75 Å². The molecule has 21 heavy (non-hydrogen) atoms. The van der Waals surface area contributed by atoms with Crippen molar-refractivity contribution in [2.45, 2.75) is 57.1 Å². The lowest BCUT2D eigenvalue weighted by molar-refractivity contribution is -0.144. The molecule has 2 fully saturated rings. The maximum atomic E-state index is 12.9. The highest BCUT2D eigenvalue weighted by atomic mass is 16.5. The maximum Gasteiger partial charge on any atom is 0.264 e. The van der Waals surface area contributed by atoms with E-state index in [1.165, 1.54) is 37.7 Å². The molecule has 4 rings (SSSR count). The topological polar surface area (TPSA) is 29.5 Å². The molecule has 1 amide bonds. The van der Waals surface area contributed by atoms with Crippen LogP contribution in [-0.4, -0.2) is 29.5 Å². The first-order valence-electron chi connectivity index (χ1n) is 8.38. The van der Waals surface area contributed by atoms with Gasteiger partial charge in [-0.25, -0.2) is 0 Å². The fourth-order valence-electron chi connectivity index (χ4n) is 4.40. The number of hydrogen-bond acceptors (Lipinski definition) is 2. The molecule has 1 aromatic carbocycles. The van der Waals surface area contributed by atoms with Crippen LogP contribution in [0.1, 0.15) is 44.1 Å². The Morgan fingerprint density at radius 1 is 1.10 bits per heavy atom. The highest BCUT2D eigenvalue weighted by molar-refractivity contribution is 5.83. The molecule has 0 N–H and O–H groups in total. The van der Waals surface area contributed by atoms with Crippen molar-refractivity contribution in [3.8, 4) is 5.75 Å². The van der Waals surface area contributed by atoms with E-state index in [9.17, 15) is 4.79 Å². The number of nitrogens with zero attached hydrogens (tertiary/aromatic N) is 1. The van der Waals surface area contributed by atoms with Gasteiger partial charge in [-0.05, 0) is 43.2 Å². The Bertz CT molecular complexity index is 515. The molecule has 1 saturated carbocycles. The van der Waals surface area contributed by atoms with Crippen molar-refractivity contribution in [2.24, 2.45) is 5.92 Å². The molecule has 1 aromatic rings. The highest BCUT2D eigenvalue weighted by Gasteiger charge is 2.40. The number of hydrogen-bond donors (Lipinski definition) is 0. The van der Waals surface area contributed by atoms with E-state index in [-0.39, 0.29) is 12.0 Å². The second-order valence-corrected chi connectivity index (χ2v) is 6.70. The number of carbonyl (C=O) groups is 1. The Morgan fingerprint density at radius 3 is 2.81 bits per heavy atom. The molecule has 2 aliphatic heterocycles. The zero-order chi connectivity index (χ0) is 14.2. The summed E-state index contributed by atoms with van der Waals surface area (Å²) in [5.41, 5.74) is 1.17. The molecular weight excluding hydrogens is 262 g/mol. The first-order chi connectivity index (χ1) is 10.3. The van der Waals surface area contributed by atoms with Gasteiger partial charge in [-0.3, -0.25) is 4.79 Å². The summed E-state index contributed by atoms with van der Waals surface area (Å²) < 4.78 is 5.91. The zero-order valence-electron chi connectivity index (χ0n) is 12.5. The Balaban J connectivity index is 1.50. The lowest BCUT2D eigenvalue weighted by Gasteiger charge is -2.44. The van der Waals surface area contributed by atoms with E-state index in [2.05, 4.69) is 11.0 Å². The van der Waals surface area contributed by atoms with Crippen LogP contribution in [0.15, 0.2) is 24.3 Å². The van der Waals surface area contributed by atoms with Crippen molar-refractivity contribution in [3.63, 3.8) is 0 Å². The highest BCUT2D eigenvalue weighted by Crippen LogP contribution is 2.37. The van der Waals surface area contributed by atoms with Crippen LogP contribution < -0.4 is 4.74 Å². The number of para-hydroxylation sites is 1. The van der Waals surface area contributed by atoms with Crippen molar-refractivity contribution in [1.29, 1.82) is 0 Å². The smallest absolute Gasteiger partial charge is 0.264 e. The van der Waals surface area contributed by atoms with Crippen LogP contribution in [0, 0.1) is 5.92 Å². The van der Waals surface area contributed by atoms with Crippen LogP contribution in [0.25, 0.3) is 0 Å². The average molecular weight is 285 g/mol. The second-order valence-electron chi connectivity index (χ2n) is 6.70. The number of carbonyl (C=O) groups excluding carboxylic acids is 1. The van der Waals surface area contributed by atoms with E-state index in [0.717, 1.165) is 31.1 Å². The number of rotatable bonds is 1. The van der Waals surface area contributed by atoms with E-state index in [4.69, 9.17) is 4.74 Å². The summed E-state index contributed by atoms with van der Waals surface area (Å²) in [5.74, 6) is 1.86. The minimum absolute atomic E-state index is 0.225. The van der Waals surface area contributed by atoms with Crippen LogP contribution in [0.5, 0.6) is 5.75 Å². The predicted molar refractivity (Wildman–Crippen MR) is 81.3 cm³/mol. The molecule has 0 bridgehead atoms. The molecule has 3 aliphatic rings. The van der Waals surface area contributed by atoms with E-state index < -0.39 is 0 Å². The Hall–Kier alpha value is -1.51. The molecule has 3 unspecified atom stereocenters. The fraction of sp³-hybridized carbons (Fsp3) is 0.611. The molecule has 3 atom stereocenters. The van der Waals surface area contributed by atoms with Crippen LogP contribution in [0.2, 0.25) is 0 Å². The monoisotopic (exact) mass is 285 g/mol. The molecule has 112 valence electrons. The first kappa shape index (κ1) is 13.2. The van der Waals surface area contributed by atoms with Gasteiger partial charge in [0.2, 0.25) is 0 Å². The van der Waals surface area contributed by atoms with E-state index in [0.29, 0.717) is 6.04 Å². The van der Waals surface area contributed by atoms with Gasteiger partial charge in [-0.15, -0.1) is 0 Å². The van der Waals surface area contributed by atoms with E-state index in [1.54, 1.807) is 0 Å². The van der Waals surface area contributed by atoms with Crippen LogP contribution >= 0.6 is 0 Å². The third-order valence-corrected chi connectivity index (χ3v) is 5.45. The Labute approximate surface area is 126 Å². The number of amides is 1. The molecular formula is C18H23NO2. The second kappa shape index (κ2) is 5.36. The third kappa shape index (κ3) is 2.33. The van der Waals surface area contributed by atoms with Gasteiger partial charge in [0.25, 0.3) is 5.91 Å². The lowest BCUT2D eigenvalue weighted by Crippen LogP contribution is -2.53. The molecule has 0 spiro atoms. The molecule has 1 saturated heterocycles. The zero-order valence-corrected chi connectivity index (χ0v) is 12.5. The third-order valence-electron chi connectivity index (χ3n) is 5.45. The summed E-state index contributed by atoms with van der Waals surface area (Å²) >= 11 is 0. The van der Waals surface area contributed by atoms with Crippen molar-refractivity contribution in [2.75, 3.05) is 6.54 Å². The number of fused-ring (bicyclic) bond motifs is 2. The van der Waals surface area contributed by atoms with Gasteiger partial charge >= 0.3 is 0 Å². The summed E-state index contributed by atoms with van der Waals surface area (Å²) in [6.07, 6.45) is 8.03. The minimum atomic E-state index is -0.289. The molecule has 1 aliphatic carbocycles. The Kier molecular flexibility index (Phi) is 3.36. The summed E-state index contributed by atoms with van der Waals surface area (Å²) in [6, 6.07) is 8.52. The van der Waals surface area contributed by atoms with Crippen LogP contribution in [0.3, 0.4) is 0 Å². The van der Waals surface area contributed by atoms with E-state index in [1.807, 2.05) is 18.2 Å². The minimum Gasteiger partial charge on any atom is -0.480 e. The normalized spacial score (nSPS) is 31.2. The Morgan fingerprint density at radius 2 is 1.90 bits per heavy atom. The van der Waals surface area contributed by atoms with Crippen molar-refractivity contribution in [1.82, 2.24) is 4.90 Å². The summed E-state index contributed by atoms with van der Waals surface area (Å²) in [4.78, 5) is 15.1. The molecule has 3 nitrogen and oxygen atoms in total. The van der Waals surface area contributed by atoms with Gasteiger partial charge in [0.15, 0.2) is 6.10 Å². The lowest BCUT2D eigenvalue weighted by atomic mass is 9.78.